The van der Waals surface area contributed by atoms with Gasteiger partial charge in [0.2, 0.25) is 0 Å². The second kappa shape index (κ2) is 7.87. The molecule has 1 rings (SSSR count). The van der Waals surface area contributed by atoms with Crippen LogP contribution >= 0.6 is 11.8 Å². The number of aliphatic hydroxyl groups excluding tert-OH is 2. The molecule has 4 unspecified atom stereocenters. The summed E-state index contributed by atoms with van der Waals surface area (Å²) < 4.78 is 0. The molecule has 0 aliphatic heterocycles. The van der Waals surface area contributed by atoms with E-state index in [2.05, 4.69) is 33.0 Å². The van der Waals surface area contributed by atoms with Crippen molar-refractivity contribution in [3.63, 3.8) is 0 Å². The molecule has 3 nitrogen and oxygen atoms in total. The lowest BCUT2D eigenvalue weighted by molar-refractivity contribution is 0.113. The van der Waals surface area contributed by atoms with Crippen LogP contribution in [-0.2, 0) is 0 Å². The lowest BCUT2D eigenvalue weighted by Crippen LogP contribution is -2.45. The fourth-order valence-electron chi connectivity index (χ4n) is 2.88. The summed E-state index contributed by atoms with van der Waals surface area (Å²) in [5.74, 6) is 1.39. The zero-order valence-corrected chi connectivity index (χ0v) is 13.7. The normalized spacial score (nSPS) is 30.3. The molecule has 0 radical (unpaired) electrons. The van der Waals surface area contributed by atoms with Gasteiger partial charge in [-0.25, -0.2) is 0 Å². The SMILES string of the molecule is CCNC1CCC(C(C)(C)C)CC1SCC(O)CO. The lowest BCUT2D eigenvalue weighted by Gasteiger charge is -2.42. The van der Waals surface area contributed by atoms with E-state index in [1.807, 2.05) is 11.8 Å². The summed E-state index contributed by atoms with van der Waals surface area (Å²) in [7, 11) is 0. The second-order valence-electron chi connectivity index (χ2n) is 6.75. The Morgan fingerprint density at radius 1 is 1.32 bits per heavy atom. The summed E-state index contributed by atoms with van der Waals surface area (Å²) in [4.78, 5) is 0. The van der Waals surface area contributed by atoms with Crippen LogP contribution in [0.25, 0.3) is 0 Å². The van der Waals surface area contributed by atoms with Gasteiger partial charge in [-0.1, -0.05) is 27.7 Å². The second-order valence-corrected chi connectivity index (χ2v) is 8.02. The predicted molar refractivity (Wildman–Crippen MR) is 83.6 cm³/mol. The Balaban J connectivity index is 2.57. The average Bonchev–Trinajstić information content (AvgIpc) is 2.36. The number of hydrogen-bond acceptors (Lipinski definition) is 4. The van der Waals surface area contributed by atoms with Gasteiger partial charge in [0.1, 0.15) is 0 Å². The van der Waals surface area contributed by atoms with Gasteiger partial charge in [0.25, 0.3) is 0 Å². The van der Waals surface area contributed by atoms with Crippen LogP contribution in [0.2, 0.25) is 0 Å². The molecule has 4 atom stereocenters. The molecule has 4 heteroatoms. The first-order valence-electron chi connectivity index (χ1n) is 7.52. The molecule has 1 saturated carbocycles. The van der Waals surface area contributed by atoms with Crippen LogP contribution in [0.4, 0.5) is 0 Å². The van der Waals surface area contributed by atoms with Crippen LogP contribution in [0.1, 0.15) is 47.0 Å². The van der Waals surface area contributed by atoms with Gasteiger partial charge in [-0.3, -0.25) is 0 Å². The highest BCUT2D eigenvalue weighted by Crippen LogP contribution is 2.41. The molecule has 19 heavy (non-hydrogen) atoms. The summed E-state index contributed by atoms with van der Waals surface area (Å²) in [5.41, 5.74) is 0.367. The highest BCUT2D eigenvalue weighted by atomic mass is 32.2. The molecule has 1 aliphatic carbocycles. The third kappa shape index (κ3) is 5.62. The Morgan fingerprint density at radius 3 is 2.53 bits per heavy atom. The molecule has 0 bridgehead atoms. The Kier molecular flexibility index (Phi) is 7.15. The minimum absolute atomic E-state index is 0.131. The minimum atomic E-state index is -0.581. The van der Waals surface area contributed by atoms with Crippen molar-refractivity contribution in [2.24, 2.45) is 11.3 Å². The van der Waals surface area contributed by atoms with Crippen LogP contribution in [-0.4, -0.2) is 46.5 Å². The summed E-state index contributed by atoms with van der Waals surface area (Å²) in [5, 5.41) is 22.6. The van der Waals surface area contributed by atoms with E-state index >= 15 is 0 Å². The molecule has 114 valence electrons. The Bertz CT molecular complexity index is 255. The van der Waals surface area contributed by atoms with Crippen molar-refractivity contribution in [2.45, 2.75) is 64.4 Å². The monoisotopic (exact) mass is 289 g/mol. The number of nitrogens with one attached hydrogen (secondary N) is 1. The number of hydrogen-bond donors (Lipinski definition) is 3. The molecule has 0 amide bonds. The number of rotatable bonds is 6. The topological polar surface area (TPSA) is 52.5 Å². The fourth-order valence-corrected chi connectivity index (χ4v) is 4.29. The third-order valence-corrected chi connectivity index (χ3v) is 5.72. The van der Waals surface area contributed by atoms with Gasteiger partial charge in [-0.2, -0.15) is 11.8 Å². The predicted octanol–water partition coefficient (Wildman–Crippen LogP) is 2.27. The van der Waals surface area contributed by atoms with Crippen LogP contribution in [0.15, 0.2) is 0 Å². The maximum absolute atomic E-state index is 9.54. The summed E-state index contributed by atoms with van der Waals surface area (Å²) >= 11 is 1.83. The van der Waals surface area contributed by atoms with Gasteiger partial charge >= 0.3 is 0 Å². The molecule has 3 N–H and O–H groups in total. The van der Waals surface area contributed by atoms with Crippen molar-refractivity contribution in [3.8, 4) is 0 Å². The first-order valence-corrected chi connectivity index (χ1v) is 8.57. The maximum atomic E-state index is 9.54. The van der Waals surface area contributed by atoms with Crippen LogP contribution in [0.3, 0.4) is 0 Å². The average molecular weight is 289 g/mol. The molecular weight excluding hydrogens is 258 g/mol. The molecular formula is C15H31NO2S. The zero-order chi connectivity index (χ0) is 14.5. The van der Waals surface area contributed by atoms with Crippen LogP contribution < -0.4 is 5.32 Å². The van der Waals surface area contributed by atoms with Crippen molar-refractivity contribution in [3.05, 3.63) is 0 Å². The van der Waals surface area contributed by atoms with Crippen molar-refractivity contribution in [2.75, 3.05) is 18.9 Å². The molecule has 0 aromatic carbocycles. The van der Waals surface area contributed by atoms with Gasteiger partial charge in [0.15, 0.2) is 0 Å². The van der Waals surface area contributed by atoms with E-state index in [0.29, 0.717) is 22.5 Å². The third-order valence-electron chi connectivity index (χ3n) is 4.20. The van der Waals surface area contributed by atoms with Crippen LogP contribution in [0, 0.1) is 11.3 Å². The highest BCUT2D eigenvalue weighted by molar-refractivity contribution is 8.00. The van der Waals surface area contributed by atoms with Crippen molar-refractivity contribution in [1.29, 1.82) is 0 Å². The van der Waals surface area contributed by atoms with Crippen LogP contribution in [0.5, 0.6) is 0 Å². The Morgan fingerprint density at radius 2 is 2.00 bits per heavy atom. The molecule has 1 aliphatic rings. The van der Waals surface area contributed by atoms with Crippen molar-refractivity contribution in [1.82, 2.24) is 5.32 Å². The van der Waals surface area contributed by atoms with Crippen molar-refractivity contribution < 1.29 is 10.2 Å². The van der Waals surface area contributed by atoms with E-state index in [-0.39, 0.29) is 6.61 Å². The molecule has 1 fully saturated rings. The van der Waals surface area contributed by atoms with E-state index in [9.17, 15) is 5.11 Å². The van der Waals surface area contributed by atoms with Gasteiger partial charge in [-0.05, 0) is 37.1 Å². The first-order chi connectivity index (χ1) is 8.88. The molecule has 0 aromatic heterocycles. The lowest BCUT2D eigenvalue weighted by atomic mass is 9.71. The zero-order valence-electron chi connectivity index (χ0n) is 12.9. The minimum Gasteiger partial charge on any atom is -0.394 e. The van der Waals surface area contributed by atoms with Gasteiger partial charge in [0, 0.05) is 17.0 Å². The standard InChI is InChI=1S/C15H31NO2S/c1-5-16-13-7-6-11(15(2,3)4)8-14(13)19-10-12(18)9-17/h11-14,16-18H,5-10H2,1-4H3. The summed E-state index contributed by atoms with van der Waals surface area (Å²) in [6.45, 7) is 10.0. The fraction of sp³-hybridized carbons (Fsp3) is 1.00. The quantitative estimate of drug-likeness (QED) is 0.702. The van der Waals surface area contributed by atoms with Crippen molar-refractivity contribution >= 4 is 11.8 Å². The summed E-state index contributed by atoms with van der Waals surface area (Å²) in [6, 6.07) is 0.555. The molecule has 0 saturated heterocycles. The smallest absolute Gasteiger partial charge is 0.0861 e. The van der Waals surface area contributed by atoms with E-state index < -0.39 is 6.10 Å². The Labute approximate surface area is 122 Å². The first kappa shape index (κ1) is 17.3. The number of thioether (sulfide) groups is 1. The van der Waals surface area contributed by atoms with E-state index in [0.717, 1.165) is 12.5 Å². The maximum Gasteiger partial charge on any atom is 0.0861 e. The van der Waals surface area contributed by atoms with Gasteiger partial charge in [0.05, 0.1) is 12.7 Å². The highest BCUT2D eigenvalue weighted by Gasteiger charge is 2.35. The van der Waals surface area contributed by atoms with Gasteiger partial charge in [-0.15, -0.1) is 0 Å². The van der Waals surface area contributed by atoms with E-state index in [1.165, 1.54) is 19.3 Å². The van der Waals surface area contributed by atoms with E-state index in [4.69, 9.17) is 5.11 Å². The molecule has 0 aromatic rings. The number of aliphatic hydroxyl groups is 2. The van der Waals surface area contributed by atoms with Gasteiger partial charge < -0.3 is 15.5 Å². The molecule has 0 heterocycles. The van der Waals surface area contributed by atoms with E-state index in [1.54, 1.807) is 0 Å². The Hall–Kier alpha value is 0.230. The summed E-state index contributed by atoms with van der Waals surface area (Å²) in [6.07, 6.45) is 3.15. The largest absolute Gasteiger partial charge is 0.394 e. The molecule has 0 spiro atoms.